The molecule has 1 aliphatic rings. The highest BCUT2D eigenvalue weighted by Gasteiger charge is 2.24. The maximum atomic E-state index is 12.6. The van der Waals surface area contributed by atoms with Crippen molar-refractivity contribution in [2.45, 2.75) is 44.2 Å². The van der Waals surface area contributed by atoms with E-state index in [1.807, 2.05) is 30.3 Å². The van der Waals surface area contributed by atoms with Crippen LogP contribution in [0.3, 0.4) is 0 Å². The fourth-order valence-corrected chi connectivity index (χ4v) is 3.56. The number of nitrogens with one attached hydrogen (secondary N) is 1. The fraction of sp³-hybridized carbons (Fsp3) is 0.500. The SMILES string of the molecule is O=c1[nH]n(C2CCCC2)c(=O)n1C(CS)Cc1ccccc1. The van der Waals surface area contributed by atoms with Crippen molar-refractivity contribution in [2.75, 3.05) is 5.75 Å². The van der Waals surface area contributed by atoms with Crippen LogP contribution in [0.5, 0.6) is 0 Å². The number of hydrogen-bond donors (Lipinski definition) is 2. The van der Waals surface area contributed by atoms with Crippen molar-refractivity contribution < 1.29 is 0 Å². The second-order valence-electron chi connectivity index (χ2n) is 5.90. The number of benzene rings is 1. The molecule has 1 aromatic carbocycles. The molecule has 0 radical (unpaired) electrons. The quantitative estimate of drug-likeness (QED) is 0.830. The predicted octanol–water partition coefficient (Wildman–Crippen LogP) is 2.17. The van der Waals surface area contributed by atoms with Gasteiger partial charge in [0.25, 0.3) is 0 Å². The smallest absolute Gasteiger partial charge is 0.246 e. The third-order valence-corrected chi connectivity index (χ3v) is 4.85. The van der Waals surface area contributed by atoms with Gasteiger partial charge < -0.3 is 0 Å². The first kappa shape index (κ1) is 15.2. The van der Waals surface area contributed by atoms with Crippen molar-refractivity contribution in [3.8, 4) is 0 Å². The van der Waals surface area contributed by atoms with E-state index in [0.29, 0.717) is 12.2 Å². The summed E-state index contributed by atoms with van der Waals surface area (Å²) in [5.41, 5.74) is 0.542. The summed E-state index contributed by atoms with van der Waals surface area (Å²) in [6, 6.07) is 9.79. The molecule has 1 N–H and O–H groups in total. The molecule has 1 saturated carbocycles. The molecule has 22 heavy (non-hydrogen) atoms. The molecule has 0 saturated heterocycles. The Kier molecular flexibility index (Phi) is 4.57. The highest BCUT2D eigenvalue weighted by molar-refractivity contribution is 7.80. The number of H-pyrrole nitrogens is 1. The predicted molar refractivity (Wildman–Crippen MR) is 89.9 cm³/mol. The number of rotatable bonds is 5. The van der Waals surface area contributed by atoms with Gasteiger partial charge in [-0.1, -0.05) is 43.2 Å². The van der Waals surface area contributed by atoms with Crippen LogP contribution in [0.2, 0.25) is 0 Å². The van der Waals surface area contributed by atoms with Crippen LogP contribution in [0.1, 0.15) is 43.3 Å². The first-order valence-corrected chi connectivity index (χ1v) is 8.41. The fourth-order valence-electron chi connectivity index (χ4n) is 3.26. The Hall–Kier alpha value is -1.69. The summed E-state index contributed by atoms with van der Waals surface area (Å²) in [6.45, 7) is 0. The Bertz CT molecular complexity index is 726. The van der Waals surface area contributed by atoms with E-state index in [9.17, 15) is 9.59 Å². The van der Waals surface area contributed by atoms with Crippen LogP contribution in [0.15, 0.2) is 39.9 Å². The second kappa shape index (κ2) is 6.60. The van der Waals surface area contributed by atoms with Gasteiger partial charge in [-0.2, -0.15) is 12.6 Å². The molecular formula is C16H21N3O2S. The van der Waals surface area contributed by atoms with Crippen LogP contribution >= 0.6 is 12.6 Å². The minimum Gasteiger partial charge on any atom is -0.246 e. The third-order valence-electron chi connectivity index (χ3n) is 4.43. The molecule has 1 heterocycles. The van der Waals surface area contributed by atoms with E-state index < -0.39 is 0 Å². The number of aromatic amines is 1. The number of nitrogens with zero attached hydrogens (tertiary/aromatic N) is 2. The van der Waals surface area contributed by atoms with E-state index in [-0.39, 0.29) is 23.5 Å². The number of aromatic nitrogens is 3. The minimum absolute atomic E-state index is 0.138. The van der Waals surface area contributed by atoms with Crippen LogP contribution in [-0.4, -0.2) is 20.1 Å². The molecule has 1 fully saturated rings. The highest BCUT2D eigenvalue weighted by atomic mass is 32.1. The van der Waals surface area contributed by atoms with Gasteiger partial charge in [0.2, 0.25) is 0 Å². The second-order valence-corrected chi connectivity index (χ2v) is 6.27. The van der Waals surface area contributed by atoms with Crippen molar-refractivity contribution in [2.24, 2.45) is 0 Å². The molecule has 0 bridgehead atoms. The summed E-state index contributed by atoms with van der Waals surface area (Å²) < 4.78 is 2.86. The van der Waals surface area contributed by atoms with Crippen molar-refractivity contribution in [1.82, 2.24) is 14.3 Å². The van der Waals surface area contributed by atoms with Crippen LogP contribution in [-0.2, 0) is 6.42 Å². The van der Waals surface area contributed by atoms with Crippen LogP contribution in [0.4, 0.5) is 0 Å². The minimum atomic E-state index is -0.327. The molecule has 6 heteroatoms. The number of thiol groups is 1. The Balaban J connectivity index is 1.92. The zero-order chi connectivity index (χ0) is 15.5. The molecule has 1 atom stereocenters. The van der Waals surface area contributed by atoms with Gasteiger partial charge in [0.15, 0.2) is 0 Å². The summed E-state index contributed by atoms with van der Waals surface area (Å²) in [6.07, 6.45) is 4.78. The standard InChI is InChI=1S/C16H21N3O2S/c20-15-17-19(13-8-4-5-9-13)16(21)18(15)14(11-22)10-12-6-2-1-3-7-12/h1-3,6-7,13-14,22H,4-5,8-11H2,(H,17,20). The molecule has 3 rings (SSSR count). The average Bonchev–Trinajstić information content (AvgIpc) is 3.15. The summed E-state index contributed by atoms with van der Waals surface area (Å²) in [7, 11) is 0. The Morgan fingerprint density at radius 3 is 2.50 bits per heavy atom. The van der Waals surface area contributed by atoms with Gasteiger partial charge in [0, 0.05) is 5.75 Å². The third kappa shape index (κ3) is 2.92. The normalized spacial score (nSPS) is 17.0. The average molecular weight is 319 g/mol. The van der Waals surface area contributed by atoms with Gasteiger partial charge in [-0.05, 0) is 24.8 Å². The van der Waals surface area contributed by atoms with Crippen LogP contribution in [0.25, 0.3) is 0 Å². The number of hydrogen-bond acceptors (Lipinski definition) is 3. The van der Waals surface area contributed by atoms with Crippen LogP contribution < -0.4 is 11.4 Å². The van der Waals surface area contributed by atoms with Crippen molar-refractivity contribution in [3.63, 3.8) is 0 Å². The molecule has 0 amide bonds. The summed E-state index contributed by atoms with van der Waals surface area (Å²) in [5, 5.41) is 2.73. The highest BCUT2D eigenvalue weighted by Crippen LogP contribution is 2.27. The summed E-state index contributed by atoms with van der Waals surface area (Å²) in [5.74, 6) is 0.451. The maximum Gasteiger partial charge on any atom is 0.347 e. The molecule has 0 spiro atoms. The lowest BCUT2D eigenvalue weighted by Gasteiger charge is -2.14. The summed E-state index contributed by atoms with van der Waals surface area (Å²) in [4.78, 5) is 24.9. The van der Waals surface area contributed by atoms with E-state index in [0.717, 1.165) is 31.2 Å². The Morgan fingerprint density at radius 2 is 1.86 bits per heavy atom. The Labute approximate surface area is 134 Å². The van der Waals surface area contributed by atoms with Crippen molar-refractivity contribution in [3.05, 3.63) is 56.9 Å². The molecule has 0 aliphatic heterocycles. The first-order chi connectivity index (χ1) is 10.7. The maximum absolute atomic E-state index is 12.6. The van der Waals surface area contributed by atoms with E-state index in [4.69, 9.17) is 0 Å². The molecular weight excluding hydrogens is 298 g/mol. The molecule has 2 aromatic rings. The lowest BCUT2D eigenvalue weighted by molar-refractivity contribution is 0.437. The largest absolute Gasteiger partial charge is 0.347 e. The van der Waals surface area contributed by atoms with Gasteiger partial charge in [0.1, 0.15) is 0 Å². The van der Waals surface area contributed by atoms with Gasteiger partial charge in [-0.3, -0.25) is 0 Å². The molecule has 118 valence electrons. The molecule has 1 aromatic heterocycles. The molecule has 5 nitrogen and oxygen atoms in total. The topological polar surface area (TPSA) is 59.8 Å². The van der Waals surface area contributed by atoms with E-state index in [1.165, 1.54) is 9.25 Å². The lowest BCUT2D eigenvalue weighted by atomic mass is 10.1. The van der Waals surface area contributed by atoms with E-state index in [2.05, 4.69) is 17.7 Å². The monoisotopic (exact) mass is 319 g/mol. The van der Waals surface area contributed by atoms with Gasteiger partial charge in [-0.15, -0.1) is 0 Å². The lowest BCUT2D eigenvalue weighted by Crippen LogP contribution is -2.35. The van der Waals surface area contributed by atoms with Gasteiger partial charge >= 0.3 is 11.4 Å². The van der Waals surface area contributed by atoms with E-state index in [1.54, 1.807) is 0 Å². The van der Waals surface area contributed by atoms with Crippen molar-refractivity contribution in [1.29, 1.82) is 0 Å². The first-order valence-electron chi connectivity index (χ1n) is 7.78. The zero-order valence-electron chi connectivity index (χ0n) is 12.4. The van der Waals surface area contributed by atoms with Gasteiger partial charge in [0.05, 0.1) is 12.1 Å². The summed E-state index contributed by atoms with van der Waals surface area (Å²) >= 11 is 4.35. The zero-order valence-corrected chi connectivity index (χ0v) is 13.3. The molecule has 1 unspecified atom stereocenters. The van der Waals surface area contributed by atoms with Crippen LogP contribution in [0, 0.1) is 0 Å². The van der Waals surface area contributed by atoms with Gasteiger partial charge in [-0.25, -0.2) is 23.9 Å². The van der Waals surface area contributed by atoms with E-state index >= 15 is 0 Å². The molecule has 1 aliphatic carbocycles. The Morgan fingerprint density at radius 1 is 1.18 bits per heavy atom. The van der Waals surface area contributed by atoms with Crippen molar-refractivity contribution >= 4 is 12.6 Å².